The molecule has 0 aliphatic carbocycles. The molecule has 0 amide bonds. The molecular formula is C10H9NO3S. The van der Waals surface area contributed by atoms with Crippen molar-refractivity contribution in [3.8, 4) is 0 Å². The predicted octanol–water partition coefficient (Wildman–Crippen LogP) is 1.09. The van der Waals surface area contributed by atoms with Crippen LogP contribution in [0.15, 0.2) is 17.3 Å². The maximum absolute atomic E-state index is 11.2. The molecule has 1 aliphatic rings. The standard InChI is InChI=1S/C10H9NO3S/c1-14-10(13)7-2-6-3-8(12)5-15-9(6)11-4-7/h2,4H,3,5H2,1H3. The first-order chi connectivity index (χ1) is 7.20. The summed E-state index contributed by atoms with van der Waals surface area (Å²) in [4.78, 5) is 26.6. The number of hydrogen-bond donors (Lipinski definition) is 0. The highest BCUT2D eigenvalue weighted by Crippen LogP contribution is 2.26. The Morgan fingerprint density at radius 3 is 3.13 bits per heavy atom. The van der Waals surface area contributed by atoms with Gasteiger partial charge in [0, 0.05) is 12.6 Å². The van der Waals surface area contributed by atoms with E-state index >= 15 is 0 Å². The summed E-state index contributed by atoms with van der Waals surface area (Å²) in [6.45, 7) is 0. The highest BCUT2D eigenvalue weighted by atomic mass is 32.2. The first-order valence-electron chi connectivity index (χ1n) is 4.42. The van der Waals surface area contributed by atoms with Crippen LogP contribution in [0.2, 0.25) is 0 Å². The van der Waals surface area contributed by atoms with Crippen LogP contribution < -0.4 is 0 Å². The highest BCUT2D eigenvalue weighted by Gasteiger charge is 2.19. The van der Waals surface area contributed by atoms with Crippen molar-refractivity contribution in [3.05, 3.63) is 23.4 Å². The molecule has 4 nitrogen and oxygen atoms in total. The van der Waals surface area contributed by atoms with Gasteiger partial charge in [0.1, 0.15) is 10.8 Å². The zero-order chi connectivity index (χ0) is 10.8. The van der Waals surface area contributed by atoms with E-state index in [1.54, 1.807) is 6.07 Å². The third-order valence-corrected chi connectivity index (χ3v) is 3.21. The van der Waals surface area contributed by atoms with Gasteiger partial charge in [0.05, 0.1) is 18.4 Å². The molecule has 1 aliphatic heterocycles. The molecule has 2 rings (SSSR count). The Morgan fingerprint density at radius 2 is 2.40 bits per heavy atom. The first kappa shape index (κ1) is 10.2. The zero-order valence-electron chi connectivity index (χ0n) is 8.15. The molecule has 1 aromatic rings. The third-order valence-electron chi connectivity index (χ3n) is 2.10. The minimum Gasteiger partial charge on any atom is -0.465 e. The van der Waals surface area contributed by atoms with Crippen molar-refractivity contribution in [2.75, 3.05) is 12.9 Å². The van der Waals surface area contributed by atoms with E-state index in [1.165, 1.54) is 25.1 Å². The fourth-order valence-corrected chi connectivity index (χ4v) is 2.24. The number of hydrogen-bond acceptors (Lipinski definition) is 5. The number of Topliss-reactive ketones (excluding diaryl/α,β-unsaturated/α-hetero) is 1. The lowest BCUT2D eigenvalue weighted by molar-refractivity contribution is -0.116. The predicted molar refractivity (Wildman–Crippen MR) is 55.0 cm³/mol. The largest absolute Gasteiger partial charge is 0.465 e. The van der Waals surface area contributed by atoms with Crippen molar-refractivity contribution in [1.82, 2.24) is 4.98 Å². The van der Waals surface area contributed by atoms with Gasteiger partial charge in [0.25, 0.3) is 0 Å². The van der Waals surface area contributed by atoms with E-state index in [9.17, 15) is 9.59 Å². The van der Waals surface area contributed by atoms with Crippen LogP contribution in [0.1, 0.15) is 15.9 Å². The number of ketones is 1. The van der Waals surface area contributed by atoms with Crippen LogP contribution >= 0.6 is 11.8 Å². The number of thioether (sulfide) groups is 1. The van der Waals surface area contributed by atoms with Gasteiger partial charge in [-0.2, -0.15) is 0 Å². The van der Waals surface area contributed by atoms with Crippen molar-refractivity contribution in [2.45, 2.75) is 11.4 Å². The van der Waals surface area contributed by atoms with Crippen LogP contribution in [0.25, 0.3) is 0 Å². The van der Waals surface area contributed by atoms with Crippen LogP contribution in [0.4, 0.5) is 0 Å². The molecule has 0 spiro atoms. The van der Waals surface area contributed by atoms with Gasteiger partial charge in [0.15, 0.2) is 0 Å². The maximum atomic E-state index is 11.2. The van der Waals surface area contributed by atoms with Crippen LogP contribution in [0.3, 0.4) is 0 Å². The molecule has 0 unspecified atom stereocenters. The molecule has 2 heterocycles. The molecule has 0 fully saturated rings. The number of esters is 1. The van der Waals surface area contributed by atoms with Crippen molar-refractivity contribution in [3.63, 3.8) is 0 Å². The van der Waals surface area contributed by atoms with Crippen molar-refractivity contribution >= 4 is 23.5 Å². The molecule has 0 aromatic carbocycles. The summed E-state index contributed by atoms with van der Waals surface area (Å²) in [5, 5.41) is 0.835. The molecule has 0 bridgehead atoms. The van der Waals surface area contributed by atoms with Crippen molar-refractivity contribution < 1.29 is 14.3 Å². The van der Waals surface area contributed by atoms with Crippen molar-refractivity contribution in [1.29, 1.82) is 0 Å². The van der Waals surface area contributed by atoms with E-state index in [0.717, 1.165) is 10.6 Å². The monoisotopic (exact) mass is 223 g/mol. The summed E-state index contributed by atoms with van der Waals surface area (Å²) in [6.07, 6.45) is 1.84. The van der Waals surface area contributed by atoms with Gasteiger partial charge in [-0.3, -0.25) is 4.79 Å². The lowest BCUT2D eigenvalue weighted by Crippen LogP contribution is -2.14. The average Bonchev–Trinajstić information content (AvgIpc) is 2.27. The summed E-state index contributed by atoms with van der Waals surface area (Å²) in [5.41, 5.74) is 1.21. The molecule has 0 radical (unpaired) electrons. The van der Waals surface area contributed by atoms with E-state index in [4.69, 9.17) is 0 Å². The molecule has 0 saturated carbocycles. The van der Waals surface area contributed by atoms with Crippen molar-refractivity contribution in [2.24, 2.45) is 0 Å². The molecule has 0 atom stereocenters. The van der Waals surface area contributed by atoms with Gasteiger partial charge in [-0.25, -0.2) is 9.78 Å². The molecule has 15 heavy (non-hydrogen) atoms. The summed E-state index contributed by atoms with van der Waals surface area (Å²) in [5.74, 6) is 0.210. The molecule has 0 saturated heterocycles. The van der Waals surface area contributed by atoms with E-state index in [2.05, 4.69) is 9.72 Å². The quantitative estimate of drug-likeness (QED) is 0.667. The average molecular weight is 223 g/mol. The van der Waals surface area contributed by atoms with E-state index in [-0.39, 0.29) is 5.78 Å². The summed E-state index contributed by atoms with van der Waals surface area (Å²) < 4.78 is 4.58. The Morgan fingerprint density at radius 1 is 1.60 bits per heavy atom. The zero-order valence-corrected chi connectivity index (χ0v) is 8.97. The second kappa shape index (κ2) is 4.02. The van der Waals surface area contributed by atoms with Gasteiger partial charge < -0.3 is 4.74 Å². The number of methoxy groups -OCH3 is 1. The Bertz CT molecular complexity index is 431. The maximum Gasteiger partial charge on any atom is 0.339 e. The SMILES string of the molecule is COC(=O)c1cnc2c(c1)CC(=O)CS2. The van der Waals surface area contributed by atoms with Gasteiger partial charge in [0.2, 0.25) is 0 Å². The van der Waals surface area contributed by atoms with Crippen LogP contribution in [0, 0.1) is 0 Å². The Kier molecular flexibility index (Phi) is 2.73. The number of carbonyl (C=O) groups is 2. The van der Waals surface area contributed by atoms with E-state index in [0.29, 0.717) is 17.7 Å². The Labute approximate surface area is 91.0 Å². The second-order valence-corrected chi connectivity index (χ2v) is 4.15. The summed E-state index contributed by atoms with van der Waals surface area (Å²) in [6, 6.07) is 1.68. The number of nitrogens with zero attached hydrogens (tertiary/aromatic N) is 1. The van der Waals surface area contributed by atoms with E-state index < -0.39 is 5.97 Å². The second-order valence-electron chi connectivity index (χ2n) is 3.18. The van der Waals surface area contributed by atoms with Crippen LogP contribution in [-0.2, 0) is 16.0 Å². The van der Waals surface area contributed by atoms with Gasteiger partial charge in [-0.15, -0.1) is 0 Å². The smallest absolute Gasteiger partial charge is 0.339 e. The number of rotatable bonds is 1. The minimum absolute atomic E-state index is 0.163. The third kappa shape index (κ3) is 2.02. The van der Waals surface area contributed by atoms with Gasteiger partial charge in [-0.1, -0.05) is 11.8 Å². The Balaban J connectivity index is 2.36. The number of ether oxygens (including phenoxy) is 1. The summed E-state index contributed by atoms with van der Waals surface area (Å²) in [7, 11) is 1.32. The summed E-state index contributed by atoms with van der Waals surface area (Å²) >= 11 is 1.41. The van der Waals surface area contributed by atoms with Crippen LogP contribution in [-0.4, -0.2) is 29.6 Å². The number of carbonyl (C=O) groups excluding carboxylic acids is 2. The topological polar surface area (TPSA) is 56.3 Å². The fourth-order valence-electron chi connectivity index (χ4n) is 1.40. The molecule has 0 N–H and O–H groups in total. The van der Waals surface area contributed by atoms with Crippen LogP contribution in [0.5, 0.6) is 0 Å². The lowest BCUT2D eigenvalue weighted by atomic mass is 10.1. The molecule has 78 valence electrons. The molecule has 1 aromatic heterocycles. The minimum atomic E-state index is -0.423. The normalized spacial score (nSPS) is 14.6. The highest BCUT2D eigenvalue weighted by molar-refractivity contribution is 8.00. The van der Waals surface area contributed by atoms with E-state index in [1.807, 2.05) is 0 Å². The number of pyridine rings is 1. The Hall–Kier alpha value is -1.36. The number of aromatic nitrogens is 1. The van der Waals surface area contributed by atoms with Gasteiger partial charge >= 0.3 is 5.97 Å². The number of fused-ring (bicyclic) bond motifs is 1. The van der Waals surface area contributed by atoms with Gasteiger partial charge in [-0.05, 0) is 11.6 Å². The molecular weight excluding hydrogens is 214 g/mol. The fraction of sp³-hybridized carbons (Fsp3) is 0.300. The lowest BCUT2D eigenvalue weighted by Gasteiger charge is -2.13. The molecule has 5 heteroatoms. The first-order valence-corrected chi connectivity index (χ1v) is 5.41.